The van der Waals surface area contributed by atoms with Crippen molar-refractivity contribution in [3.05, 3.63) is 28.5 Å². The van der Waals surface area contributed by atoms with Crippen molar-refractivity contribution in [1.29, 1.82) is 0 Å². The van der Waals surface area contributed by atoms with Crippen LogP contribution in [0.15, 0.2) is 12.4 Å². The molecule has 0 amide bonds. The fourth-order valence-corrected chi connectivity index (χ4v) is 1.64. The molecule has 0 bridgehead atoms. The minimum absolute atomic E-state index is 0.275. The molecule has 0 aliphatic heterocycles. The molecule has 2 rings (SSSR count). The second-order valence-electron chi connectivity index (χ2n) is 3.26. The van der Waals surface area contributed by atoms with E-state index in [1.54, 1.807) is 12.4 Å². The molecule has 8 heteroatoms. The Balaban J connectivity index is 2.09. The molecule has 2 aromatic heterocycles. The van der Waals surface area contributed by atoms with Crippen LogP contribution in [0.2, 0.25) is 10.3 Å². The fourth-order valence-electron chi connectivity index (χ4n) is 1.33. The van der Waals surface area contributed by atoms with Gasteiger partial charge in [-0.3, -0.25) is 0 Å². The van der Waals surface area contributed by atoms with Crippen molar-refractivity contribution < 1.29 is 0 Å². The van der Waals surface area contributed by atoms with Crippen LogP contribution in [-0.2, 0) is 13.1 Å². The maximum absolute atomic E-state index is 5.87. The van der Waals surface area contributed by atoms with Crippen LogP contribution in [0.25, 0.3) is 0 Å². The molecule has 0 aliphatic carbocycles. The summed E-state index contributed by atoms with van der Waals surface area (Å²) >= 11 is 11.6. The zero-order valence-corrected chi connectivity index (χ0v) is 10.6. The Morgan fingerprint density at radius 1 is 1.29 bits per heavy atom. The highest BCUT2D eigenvalue weighted by atomic mass is 35.5. The topological polar surface area (TPSA) is 68.5 Å². The van der Waals surface area contributed by atoms with E-state index in [2.05, 4.69) is 25.7 Å². The van der Waals surface area contributed by atoms with Crippen molar-refractivity contribution in [2.45, 2.75) is 20.0 Å². The van der Waals surface area contributed by atoms with Gasteiger partial charge in [-0.1, -0.05) is 23.2 Å². The van der Waals surface area contributed by atoms with E-state index in [1.807, 2.05) is 11.5 Å². The van der Waals surface area contributed by atoms with Crippen LogP contribution in [0.1, 0.15) is 12.7 Å². The number of hydrogen-bond acceptors (Lipinski definition) is 5. The lowest BCUT2D eigenvalue weighted by Crippen LogP contribution is -2.08. The average Bonchev–Trinajstić information content (AvgIpc) is 2.77. The van der Waals surface area contributed by atoms with Crippen LogP contribution in [0.5, 0.6) is 0 Å². The summed E-state index contributed by atoms with van der Waals surface area (Å²) in [4.78, 5) is 0. The van der Waals surface area contributed by atoms with Gasteiger partial charge in [0.2, 0.25) is 0 Å². The van der Waals surface area contributed by atoms with Gasteiger partial charge < -0.3 is 9.88 Å². The lowest BCUT2D eigenvalue weighted by Gasteiger charge is -2.07. The van der Waals surface area contributed by atoms with E-state index >= 15 is 0 Å². The molecule has 1 N–H and O–H groups in total. The van der Waals surface area contributed by atoms with Crippen LogP contribution in [0.4, 0.5) is 5.69 Å². The molecule has 0 unspecified atom stereocenters. The van der Waals surface area contributed by atoms with Crippen molar-refractivity contribution in [1.82, 2.24) is 25.0 Å². The number of nitrogens with one attached hydrogen (secondary N) is 1. The number of hydrogen-bond donors (Lipinski definition) is 1. The van der Waals surface area contributed by atoms with Gasteiger partial charge in [0.1, 0.15) is 6.33 Å². The standard InChI is InChI=1S/C9H10Cl2N6/c1-2-17-5-13-15-8(17)4-12-6-3-7(10)14-16-9(6)11/h3,5H,2,4H2,1H3,(H,12,14). The average molecular weight is 273 g/mol. The monoisotopic (exact) mass is 272 g/mol. The molecule has 0 aliphatic rings. The Kier molecular flexibility index (Phi) is 3.75. The first kappa shape index (κ1) is 12.1. The van der Waals surface area contributed by atoms with E-state index in [1.165, 1.54) is 0 Å². The SMILES string of the molecule is CCn1cnnc1CNc1cc(Cl)nnc1Cl. The summed E-state index contributed by atoms with van der Waals surface area (Å²) in [5.74, 6) is 0.816. The first-order chi connectivity index (χ1) is 8.20. The molecule has 0 aromatic carbocycles. The van der Waals surface area contributed by atoms with Gasteiger partial charge in [0, 0.05) is 12.6 Å². The molecule has 2 heterocycles. The number of aryl methyl sites for hydroxylation is 1. The molecule has 90 valence electrons. The highest BCUT2D eigenvalue weighted by Gasteiger charge is 2.06. The Labute approximate surface area is 108 Å². The number of halogens is 2. The summed E-state index contributed by atoms with van der Waals surface area (Å²) in [7, 11) is 0. The van der Waals surface area contributed by atoms with Crippen molar-refractivity contribution in [2.24, 2.45) is 0 Å². The summed E-state index contributed by atoms with van der Waals surface area (Å²) in [6.45, 7) is 3.33. The van der Waals surface area contributed by atoms with E-state index < -0.39 is 0 Å². The molecule has 6 nitrogen and oxygen atoms in total. The summed E-state index contributed by atoms with van der Waals surface area (Å²) in [6.07, 6.45) is 1.68. The number of aromatic nitrogens is 5. The third-order valence-corrected chi connectivity index (χ3v) is 2.66. The van der Waals surface area contributed by atoms with Gasteiger partial charge >= 0.3 is 0 Å². The molecule has 0 fully saturated rings. The van der Waals surface area contributed by atoms with Gasteiger partial charge in [-0.05, 0) is 6.92 Å². The normalized spacial score (nSPS) is 10.5. The minimum atomic E-state index is 0.275. The van der Waals surface area contributed by atoms with Crippen molar-refractivity contribution in [3.8, 4) is 0 Å². The van der Waals surface area contributed by atoms with Gasteiger partial charge in [-0.2, -0.15) is 0 Å². The van der Waals surface area contributed by atoms with Gasteiger partial charge in [0.05, 0.1) is 12.2 Å². The predicted molar refractivity (Wildman–Crippen MR) is 65.1 cm³/mol. The predicted octanol–water partition coefficient (Wildman–Crippen LogP) is 2.01. The smallest absolute Gasteiger partial charge is 0.174 e. The largest absolute Gasteiger partial charge is 0.375 e. The summed E-state index contributed by atoms with van der Waals surface area (Å²) in [5.41, 5.74) is 0.623. The maximum Gasteiger partial charge on any atom is 0.174 e. The van der Waals surface area contributed by atoms with Crippen LogP contribution in [0.3, 0.4) is 0 Å². The van der Waals surface area contributed by atoms with E-state index in [9.17, 15) is 0 Å². The summed E-state index contributed by atoms with van der Waals surface area (Å²) < 4.78 is 1.93. The van der Waals surface area contributed by atoms with Gasteiger partial charge in [0.25, 0.3) is 0 Å². The third-order valence-electron chi connectivity index (χ3n) is 2.19. The molecule has 0 radical (unpaired) electrons. The fraction of sp³-hybridized carbons (Fsp3) is 0.333. The molecule has 0 saturated heterocycles. The Morgan fingerprint density at radius 3 is 2.88 bits per heavy atom. The van der Waals surface area contributed by atoms with Crippen LogP contribution in [0, 0.1) is 0 Å². The maximum atomic E-state index is 5.87. The zero-order valence-electron chi connectivity index (χ0n) is 9.06. The highest BCUT2D eigenvalue weighted by molar-refractivity contribution is 6.33. The molecule has 0 saturated carbocycles. The van der Waals surface area contributed by atoms with Crippen molar-refractivity contribution in [3.63, 3.8) is 0 Å². The number of nitrogens with zero attached hydrogens (tertiary/aromatic N) is 5. The third kappa shape index (κ3) is 2.83. The number of anilines is 1. The van der Waals surface area contributed by atoms with E-state index in [4.69, 9.17) is 23.2 Å². The molecule has 0 spiro atoms. The highest BCUT2D eigenvalue weighted by Crippen LogP contribution is 2.21. The molecule has 17 heavy (non-hydrogen) atoms. The minimum Gasteiger partial charge on any atom is -0.375 e. The second kappa shape index (κ2) is 5.29. The van der Waals surface area contributed by atoms with Crippen LogP contribution in [-0.4, -0.2) is 25.0 Å². The Hall–Kier alpha value is -1.40. The Morgan fingerprint density at radius 2 is 2.12 bits per heavy atom. The number of rotatable bonds is 4. The van der Waals surface area contributed by atoms with Crippen molar-refractivity contribution >= 4 is 28.9 Å². The quantitative estimate of drug-likeness (QED) is 0.922. The lowest BCUT2D eigenvalue weighted by atomic mass is 10.4. The van der Waals surface area contributed by atoms with Crippen molar-refractivity contribution in [2.75, 3.05) is 5.32 Å². The lowest BCUT2D eigenvalue weighted by molar-refractivity contribution is 0.708. The molecule has 2 aromatic rings. The van der Waals surface area contributed by atoms with Gasteiger partial charge in [-0.25, -0.2) is 0 Å². The van der Waals surface area contributed by atoms with Gasteiger partial charge in [-0.15, -0.1) is 20.4 Å². The second-order valence-corrected chi connectivity index (χ2v) is 4.00. The summed E-state index contributed by atoms with van der Waals surface area (Å²) in [5, 5.41) is 18.8. The van der Waals surface area contributed by atoms with E-state index in [0.717, 1.165) is 12.4 Å². The zero-order chi connectivity index (χ0) is 12.3. The van der Waals surface area contributed by atoms with E-state index in [0.29, 0.717) is 12.2 Å². The molecule has 0 atom stereocenters. The molecular weight excluding hydrogens is 263 g/mol. The first-order valence-electron chi connectivity index (χ1n) is 5.00. The first-order valence-corrected chi connectivity index (χ1v) is 5.75. The van der Waals surface area contributed by atoms with Crippen LogP contribution < -0.4 is 5.32 Å². The molecular formula is C9H10Cl2N6. The van der Waals surface area contributed by atoms with Crippen LogP contribution >= 0.6 is 23.2 Å². The summed E-state index contributed by atoms with van der Waals surface area (Å²) in [6, 6.07) is 1.61. The van der Waals surface area contributed by atoms with E-state index in [-0.39, 0.29) is 10.3 Å². The van der Waals surface area contributed by atoms with Gasteiger partial charge in [0.15, 0.2) is 16.1 Å². The Bertz CT molecular complexity index is 512.